The molecule has 5 N–H and O–H groups in total. The van der Waals surface area contributed by atoms with E-state index in [9.17, 15) is 0 Å². The Morgan fingerprint density at radius 2 is 2.00 bits per heavy atom. The van der Waals surface area contributed by atoms with Crippen LogP contribution in [-0.4, -0.2) is 35.4 Å². The highest BCUT2D eigenvalue weighted by Crippen LogP contribution is 2.29. The van der Waals surface area contributed by atoms with E-state index in [1.165, 1.54) is 0 Å². The van der Waals surface area contributed by atoms with Gasteiger partial charge in [-0.25, -0.2) is 4.98 Å². The average Bonchev–Trinajstić information content (AvgIpc) is 2.51. The number of hydrogen-bond donors (Lipinski definition) is 3. The van der Waals surface area contributed by atoms with Crippen molar-refractivity contribution in [2.75, 3.05) is 31.8 Å². The SMILES string of the molecule is COc1cc(OCCCO)ccc1Cc1c(C)nc(N)nc1N. The number of aliphatic hydroxyl groups excluding tert-OH is 1. The molecule has 0 amide bonds. The number of ether oxygens (including phenoxy) is 2. The van der Waals surface area contributed by atoms with Crippen molar-refractivity contribution in [2.24, 2.45) is 0 Å². The van der Waals surface area contributed by atoms with Crippen LogP contribution in [0, 0.1) is 6.92 Å². The average molecular weight is 318 g/mol. The molecule has 0 bridgehead atoms. The third-order valence-electron chi connectivity index (χ3n) is 3.46. The number of aryl methyl sites for hydroxylation is 1. The first-order chi connectivity index (χ1) is 11.0. The number of nitrogens with zero attached hydrogens (tertiary/aromatic N) is 2. The third-order valence-corrected chi connectivity index (χ3v) is 3.46. The molecule has 0 radical (unpaired) electrons. The Morgan fingerprint density at radius 1 is 1.22 bits per heavy atom. The number of methoxy groups -OCH3 is 1. The Hall–Kier alpha value is -2.54. The van der Waals surface area contributed by atoms with Crippen LogP contribution >= 0.6 is 0 Å². The molecule has 7 nitrogen and oxygen atoms in total. The van der Waals surface area contributed by atoms with Crippen molar-refractivity contribution in [1.82, 2.24) is 9.97 Å². The fourth-order valence-corrected chi connectivity index (χ4v) is 2.26. The van der Waals surface area contributed by atoms with E-state index in [1.54, 1.807) is 7.11 Å². The third kappa shape index (κ3) is 4.23. The first-order valence-electron chi connectivity index (χ1n) is 7.34. The highest BCUT2D eigenvalue weighted by atomic mass is 16.5. The molecule has 0 fully saturated rings. The molecule has 23 heavy (non-hydrogen) atoms. The second-order valence-electron chi connectivity index (χ2n) is 5.11. The molecular weight excluding hydrogens is 296 g/mol. The number of anilines is 2. The van der Waals surface area contributed by atoms with E-state index in [4.69, 9.17) is 26.0 Å². The van der Waals surface area contributed by atoms with E-state index in [0.29, 0.717) is 36.8 Å². The molecule has 1 aromatic carbocycles. The first-order valence-corrected chi connectivity index (χ1v) is 7.34. The minimum absolute atomic E-state index is 0.102. The van der Waals surface area contributed by atoms with Gasteiger partial charge >= 0.3 is 0 Å². The molecular formula is C16H22N4O3. The Bertz CT molecular complexity index is 653. The van der Waals surface area contributed by atoms with E-state index < -0.39 is 0 Å². The fraction of sp³-hybridized carbons (Fsp3) is 0.375. The van der Waals surface area contributed by atoms with Gasteiger partial charge in [0.25, 0.3) is 0 Å². The number of aromatic nitrogens is 2. The van der Waals surface area contributed by atoms with Gasteiger partial charge in [-0.1, -0.05) is 6.07 Å². The summed E-state index contributed by atoms with van der Waals surface area (Å²) in [6.45, 7) is 2.41. The molecule has 0 aliphatic rings. The standard InChI is InChI=1S/C16H22N4O3/c1-10-13(15(17)20-16(18)19-10)8-11-4-5-12(9-14(11)22-2)23-7-3-6-21/h4-5,9,21H,3,6-8H2,1-2H3,(H4,17,18,19,20). The van der Waals surface area contributed by atoms with E-state index in [1.807, 2.05) is 25.1 Å². The van der Waals surface area contributed by atoms with E-state index >= 15 is 0 Å². The molecule has 124 valence electrons. The van der Waals surface area contributed by atoms with E-state index in [-0.39, 0.29) is 12.6 Å². The summed E-state index contributed by atoms with van der Waals surface area (Å²) >= 11 is 0. The van der Waals surface area contributed by atoms with Gasteiger partial charge in [-0.05, 0) is 18.6 Å². The van der Waals surface area contributed by atoms with Gasteiger partial charge in [0.2, 0.25) is 5.95 Å². The maximum atomic E-state index is 8.79. The van der Waals surface area contributed by atoms with Crippen LogP contribution in [0.15, 0.2) is 18.2 Å². The number of benzene rings is 1. The lowest BCUT2D eigenvalue weighted by Gasteiger charge is -2.14. The summed E-state index contributed by atoms with van der Waals surface area (Å²) in [4.78, 5) is 8.16. The number of nitrogens with two attached hydrogens (primary N) is 2. The lowest BCUT2D eigenvalue weighted by atomic mass is 10.0. The fourth-order valence-electron chi connectivity index (χ4n) is 2.26. The van der Waals surface area contributed by atoms with E-state index in [2.05, 4.69) is 9.97 Å². The van der Waals surface area contributed by atoms with Crippen LogP contribution in [0.2, 0.25) is 0 Å². The highest BCUT2D eigenvalue weighted by molar-refractivity contribution is 5.51. The number of aliphatic hydroxyl groups is 1. The Kier molecular flexibility index (Phi) is 5.59. The zero-order valence-corrected chi connectivity index (χ0v) is 13.4. The second kappa shape index (κ2) is 7.64. The number of nitrogen functional groups attached to an aromatic ring is 2. The molecule has 0 aliphatic carbocycles. The number of hydrogen-bond acceptors (Lipinski definition) is 7. The lowest BCUT2D eigenvalue weighted by molar-refractivity contribution is 0.233. The van der Waals surface area contributed by atoms with Crippen LogP contribution < -0.4 is 20.9 Å². The van der Waals surface area contributed by atoms with Crippen molar-refractivity contribution in [2.45, 2.75) is 19.8 Å². The van der Waals surface area contributed by atoms with Crippen LogP contribution in [0.5, 0.6) is 11.5 Å². The summed E-state index contributed by atoms with van der Waals surface area (Å²) in [7, 11) is 1.60. The van der Waals surface area contributed by atoms with Gasteiger partial charge in [-0.2, -0.15) is 4.98 Å². The van der Waals surface area contributed by atoms with Gasteiger partial charge in [-0.3, -0.25) is 0 Å². The smallest absolute Gasteiger partial charge is 0.222 e. The molecule has 0 atom stereocenters. The lowest BCUT2D eigenvalue weighted by Crippen LogP contribution is -2.08. The molecule has 0 saturated carbocycles. The van der Waals surface area contributed by atoms with Gasteiger partial charge in [0, 0.05) is 36.8 Å². The molecule has 1 heterocycles. The van der Waals surface area contributed by atoms with Gasteiger partial charge < -0.3 is 26.0 Å². The first kappa shape index (κ1) is 16.8. The van der Waals surface area contributed by atoms with Crippen molar-refractivity contribution in [3.05, 3.63) is 35.0 Å². The van der Waals surface area contributed by atoms with Crippen molar-refractivity contribution in [1.29, 1.82) is 0 Å². The summed E-state index contributed by atoms with van der Waals surface area (Å²) in [5.74, 6) is 1.93. The summed E-state index contributed by atoms with van der Waals surface area (Å²) < 4.78 is 11.0. The van der Waals surface area contributed by atoms with Crippen molar-refractivity contribution >= 4 is 11.8 Å². The van der Waals surface area contributed by atoms with Crippen LogP contribution in [0.25, 0.3) is 0 Å². The van der Waals surface area contributed by atoms with Gasteiger partial charge in [0.15, 0.2) is 0 Å². The molecule has 0 saturated heterocycles. The Morgan fingerprint density at radius 3 is 2.65 bits per heavy atom. The predicted molar refractivity (Wildman–Crippen MR) is 88.6 cm³/mol. The predicted octanol–water partition coefficient (Wildman–Crippen LogP) is 1.31. The van der Waals surface area contributed by atoms with Crippen molar-refractivity contribution in [3.63, 3.8) is 0 Å². The Balaban J connectivity index is 2.23. The molecule has 0 spiro atoms. The largest absolute Gasteiger partial charge is 0.496 e. The highest BCUT2D eigenvalue weighted by Gasteiger charge is 2.13. The van der Waals surface area contributed by atoms with Gasteiger partial charge in [0.05, 0.1) is 13.7 Å². The maximum Gasteiger partial charge on any atom is 0.222 e. The summed E-state index contributed by atoms with van der Waals surface area (Å²) in [6.07, 6.45) is 1.13. The summed E-state index contributed by atoms with van der Waals surface area (Å²) in [5.41, 5.74) is 14.1. The number of rotatable bonds is 7. The summed E-state index contributed by atoms with van der Waals surface area (Å²) in [6, 6.07) is 5.59. The monoisotopic (exact) mass is 318 g/mol. The molecule has 0 aliphatic heterocycles. The second-order valence-corrected chi connectivity index (χ2v) is 5.11. The summed E-state index contributed by atoms with van der Waals surface area (Å²) in [5, 5.41) is 8.79. The van der Waals surface area contributed by atoms with Gasteiger partial charge in [0.1, 0.15) is 17.3 Å². The molecule has 0 unspecified atom stereocenters. The molecule has 2 rings (SSSR count). The maximum absolute atomic E-state index is 8.79. The zero-order valence-electron chi connectivity index (χ0n) is 13.4. The minimum Gasteiger partial charge on any atom is -0.496 e. The minimum atomic E-state index is 0.102. The molecule has 7 heteroatoms. The van der Waals surface area contributed by atoms with Crippen LogP contribution in [-0.2, 0) is 6.42 Å². The van der Waals surface area contributed by atoms with E-state index in [0.717, 1.165) is 16.8 Å². The zero-order chi connectivity index (χ0) is 16.8. The van der Waals surface area contributed by atoms with Crippen LogP contribution in [0.4, 0.5) is 11.8 Å². The quantitative estimate of drug-likeness (QED) is 0.659. The van der Waals surface area contributed by atoms with Crippen LogP contribution in [0.1, 0.15) is 23.2 Å². The molecule has 2 aromatic rings. The topological polar surface area (TPSA) is 117 Å². The van der Waals surface area contributed by atoms with Crippen molar-refractivity contribution in [3.8, 4) is 11.5 Å². The van der Waals surface area contributed by atoms with Crippen molar-refractivity contribution < 1.29 is 14.6 Å². The normalized spacial score (nSPS) is 10.6. The van der Waals surface area contributed by atoms with Gasteiger partial charge in [-0.15, -0.1) is 0 Å². The van der Waals surface area contributed by atoms with Crippen LogP contribution in [0.3, 0.4) is 0 Å². The molecule has 1 aromatic heterocycles. The Labute approximate surface area is 135 Å².